The smallest absolute Gasteiger partial charge is 0.233 e. The number of benzene rings is 1. The fourth-order valence-corrected chi connectivity index (χ4v) is 3.12. The molecule has 0 radical (unpaired) electrons. The van der Waals surface area contributed by atoms with E-state index in [4.69, 9.17) is 23.2 Å². The van der Waals surface area contributed by atoms with Gasteiger partial charge in [-0.2, -0.15) is 0 Å². The first-order chi connectivity index (χ1) is 12.5. The second-order valence-corrected chi connectivity index (χ2v) is 6.67. The lowest BCUT2D eigenvalue weighted by Crippen LogP contribution is -2.49. The molecular formula is C18H18Cl2N4O2. The molecule has 8 heteroatoms. The Bertz CT molecular complexity index is 793. The van der Waals surface area contributed by atoms with Crippen molar-refractivity contribution in [2.45, 2.75) is 6.42 Å². The molecule has 2 heterocycles. The number of halogens is 2. The van der Waals surface area contributed by atoms with Gasteiger partial charge in [-0.1, -0.05) is 35.3 Å². The van der Waals surface area contributed by atoms with Gasteiger partial charge in [-0.3, -0.25) is 9.59 Å². The minimum atomic E-state index is -0.411. The second-order valence-electron chi connectivity index (χ2n) is 5.88. The van der Waals surface area contributed by atoms with Gasteiger partial charge in [0.15, 0.2) is 0 Å². The summed E-state index contributed by atoms with van der Waals surface area (Å²) in [4.78, 5) is 32.6. The number of piperazine rings is 1. The van der Waals surface area contributed by atoms with E-state index in [0.29, 0.717) is 36.9 Å². The lowest BCUT2D eigenvalue weighted by Gasteiger charge is -2.35. The Morgan fingerprint density at radius 3 is 2.50 bits per heavy atom. The van der Waals surface area contributed by atoms with Crippen LogP contribution in [0, 0.1) is 0 Å². The Morgan fingerprint density at radius 1 is 1.04 bits per heavy atom. The van der Waals surface area contributed by atoms with E-state index in [1.165, 1.54) is 0 Å². The van der Waals surface area contributed by atoms with Crippen LogP contribution in [0.5, 0.6) is 0 Å². The summed E-state index contributed by atoms with van der Waals surface area (Å²) in [5, 5.41) is 3.24. The molecule has 0 aliphatic carbocycles. The summed E-state index contributed by atoms with van der Waals surface area (Å²) in [6.07, 6.45) is 1.52. The first kappa shape index (κ1) is 18.5. The normalized spacial score (nSPS) is 14.2. The van der Waals surface area contributed by atoms with Crippen molar-refractivity contribution in [1.29, 1.82) is 0 Å². The number of anilines is 2. The van der Waals surface area contributed by atoms with Gasteiger partial charge in [0.05, 0.1) is 15.7 Å². The molecule has 0 unspecified atom stereocenters. The molecule has 2 amide bonds. The van der Waals surface area contributed by atoms with Gasteiger partial charge in [0.25, 0.3) is 0 Å². The highest BCUT2D eigenvalue weighted by Crippen LogP contribution is 2.29. The molecule has 1 fully saturated rings. The van der Waals surface area contributed by atoms with Crippen molar-refractivity contribution < 1.29 is 9.59 Å². The zero-order chi connectivity index (χ0) is 18.5. The van der Waals surface area contributed by atoms with E-state index in [1.54, 1.807) is 29.3 Å². The highest BCUT2D eigenvalue weighted by Gasteiger charge is 2.23. The number of nitrogens with one attached hydrogen (secondary N) is 1. The van der Waals surface area contributed by atoms with Crippen LogP contribution in [-0.4, -0.2) is 47.9 Å². The van der Waals surface area contributed by atoms with Gasteiger partial charge in [-0.25, -0.2) is 4.98 Å². The van der Waals surface area contributed by atoms with Crippen molar-refractivity contribution in [1.82, 2.24) is 9.88 Å². The van der Waals surface area contributed by atoms with Gasteiger partial charge in [-0.15, -0.1) is 0 Å². The molecule has 1 aromatic carbocycles. The van der Waals surface area contributed by atoms with Gasteiger partial charge in [0.1, 0.15) is 12.2 Å². The summed E-state index contributed by atoms with van der Waals surface area (Å²) in [5.74, 6) is 0.278. The molecule has 2 aromatic rings. The molecule has 6 nitrogen and oxygen atoms in total. The van der Waals surface area contributed by atoms with Crippen LogP contribution in [0.4, 0.5) is 11.5 Å². The van der Waals surface area contributed by atoms with Crippen molar-refractivity contribution in [2.24, 2.45) is 0 Å². The van der Waals surface area contributed by atoms with Crippen LogP contribution in [-0.2, 0) is 9.59 Å². The maximum absolute atomic E-state index is 12.4. The number of hydrogen-bond donors (Lipinski definition) is 1. The largest absolute Gasteiger partial charge is 0.353 e. The molecular weight excluding hydrogens is 375 g/mol. The summed E-state index contributed by atoms with van der Waals surface area (Å²) in [6, 6.07) is 10.7. The lowest BCUT2D eigenvalue weighted by atomic mass is 10.2. The fraction of sp³-hybridized carbons (Fsp3) is 0.278. The molecule has 0 spiro atoms. The Balaban J connectivity index is 1.51. The van der Waals surface area contributed by atoms with E-state index in [9.17, 15) is 9.59 Å². The quantitative estimate of drug-likeness (QED) is 0.811. The third-order valence-electron chi connectivity index (χ3n) is 4.14. The highest BCUT2D eigenvalue weighted by molar-refractivity contribution is 6.44. The Labute approximate surface area is 161 Å². The van der Waals surface area contributed by atoms with Crippen molar-refractivity contribution in [3.05, 3.63) is 52.6 Å². The van der Waals surface area contributed by atoms with Crippen molar-refractivity contribution in [3.8, 4) is 0 Å². The number of carbonyl (C=O) groups is 2. The SMILES string of the molecule is O=C(CC(=O)N1CCN(c2ccccn2)CC1)Nc1cccc(Cl)c1Cl. The maximum atomic E-state index is 12.4. The molecule has 1 aromatic heterocycles. The number of rotatable bonds is 4. The van der Waals surface area contributed by atoms with Gasteiger partial charge >= 0.3 is 0 Å². The topological polar surface area (TPSA) is 65.5 Å². The molecule has 26 heavy (non-hydrogen) atoms. The van der Waals surface area contributed by atoms with Gasteiger partial charge < -0.3 is 15.1 Å². The van der Waals surface area contributed by atoms with Gasteiger partial charge in [-0.05, 0) is 24.3 Å². The monoisotopic (exact) mass is 392 g/mol. The summed E-state index contributed by atoms with van der Waals surface area (Å²) in [6.45, 7) is 2.48. The Hall–Kier alpha value is -2.31. The van der Waals surface area contributed by atoms with Gasteiger partial charge in [0.2, 0.25) is 11.8 Å². The van der Waals surface area contributed by atoms with E-state index in [0.717, 1.165) is 5.82 Å². The third kappa shape index (κ3) is 4.45. The van der Waals surface area contributed by atoms with Gasteiger partial charge in [0, 0.05) is 32.4 Å². The van der Waals surface area contributed by atoms with E-state index in [-0.39, 0.29) is 17.4 Å². The summed E-state index contributed by atoms with van der Waals surface area (Å²) < 4.78 is 0. The molecule has 136 valence electrons. The zero-order valence-electron chi connectivity index (χ0n) is 14.0. The van der Waals surface area contributed by atoms with Crippen molar-refractivity contribution >= 4 is 46.5 Å². The number of amides is 2. The van der Waals surface area contributed by atoms with Crippen LogP contribution < -0.4 is 10.2 Å². The molecule has 1 saturated heterocycles. The highest BCUT2D eigenvalue weighted by atomic mass is 35.5. The zero-order valence-corrected chi connectivity index (χ0v) is 15.5. The standard InChI is InChI=1S/C18H18Cl2N4O2/c19-13-4-3-5-14(18(13)20)22-16(25)12-17(26)24-10-8-23(9-11-24)15-6-1-2-7-21-15/h1-7H,8-12H2,(H,22,25). The average molecular weight is 393 g/mol. The van der Waals surface area contributed by atoms with Crippen molar-refractivity contribution in [2.75, 3.05) is 36.4 Å². The Morgan fingerprint density at radius 2 is 1.81 bits per heavy atom. The summed E-state index contributed by atoms with van der Waals surface area (Å²) in [5.41, 5.74) is 0.400. The van der Waals surface area contributed by atoms with Crippen LogP contribution in [0.15, 0.2) is 42.6 Å². The van der Waals surface area contributed by atoms with E-state index >= 15 is 0 Å². The van der Waals surface area contributed by atoms with E-state index in [2.05, 4.69) is 15.2 Å². The minimum absolute atomic E-state index is 0.207. The van der Waals surface area contributed by atoms with E-state index in [1.807, 2.05) is 18.2 Å². The Kier molecular flexibility index (Phi) is 5.96. The molecule has 0 atom stereocenters. The van der Waals surface area contributed by atoms with Crippen LogP contribution in [0.25, 0.3) is 0 Å². The number of carbonyl (C=O) groups excluding carboxylic acids is 2. The predicted molar refractivity (Wildman–Crippen MR) is 103 cm³/mol. The molecule has 0 saturated carbocycles. The summed E-state index contributed by atoms with van der Waals surface area (Å²) in [7, 11) is 0. The second kappa shape index (κ2) is 8.38. The first-order valence-electron chi connectivity index (χ1n) is 8.22. The lowest BCUT2D eigenvalue weighted by molar-refractivity contribution is -0.134. The number of hydrogen-bond acceptors (Lipinski definition) is 4. The number of nitrogens with zero attached hydrogens (tertiary/aromatic N) is 3. The van der Waals surface area contributed by atoms with Crippen LogP contribution >= 0.6 is 23.2 Å². The minimum Gasteiger partial charge on any atom is -0.353 e. The maximum Gasteiger partial charge on any atom is 0.233 e. The molecule has 1 aliphatic heterocycles. The summed E-state index contributed by atoms with van der Waals surface area (Å²) >= 11 is 12.0. The molecule has 0 bridgehead atoms. The first-order valence-corrected chi connectivity index (χ1v) is 8.98. The third-order valence-corrected chi connectivity index (χ3v) is 4.96. The van der Waals surface area contributed by atoms with Crippen LogP contribution in [0.2, 0.25) is 10.0 Å². The predicted octanol–water partition coefficient (Wildman–Crippen LogP) is 3.07. The number of aromatic nitrogens is 1. The molecule has 3 rings (SSSR count). The average Bonchev–Trinajstić information content (AvgIpc) is 2.66. The fourth-order valence-electron chi connectivity index (χ4n) is 2.77. The molecule has 1 N–H and O–H groups in total. The number of pyridine rings is 1. The van der Waals surface area contributed by atoms with E-state index < -0.39 is 5.91 Å². The van der Waals surface area contributed by atoms with Crippen molar-refractivity contribution in [3.63, 3.8) is 0 Å². The van der Waals surface area contributed by atoms with Crippen LogP contribution in [0.1, 0.15) is 6.42 Å². The molecule has 1 aliphatic rings. The van der Waals surface area contributed by atoms with Crippen LogP contribution in [0.3, 0.4) is 0 Å².